The molecule has 2 aromatic rings. The van der Waals surface area contributed by atoms with Gasteiger partial charge in [-0.2, -0.15) is 0 Å². The van der Waals surface area contributed by atoms with Gasteiger partial charge >= 0.3 is 0 Å². The molecule has 2 atom stereocenters. The van der Waals surface area contributed by atoms with Crippen LogP contribution in [0.25, 0.3) is 10.9 Å². The number of methoxy groups -OCH3 is 1. The van der Waals surface area contributed by atoms with Crippen LogP contribution >= 0.6 is 0 Å². The van der Waals surface area contributed by atoms with Crippen LogP contribution in [0.1, 0.15) is 50.5 Å². The van der Waals surface area contributed by atoms with E-state index in [0.29, 0.717) is 19.1 Å². The van der Waals surface area contributed by atoms with Crippen LogP contribution in [0.4, 0.5) is 0 Å². The lowest BCUT2D eigenvalue weighted by Gasteiger charge is -2.29. The summed E-state index contributed by atoms with van der Waals surface area (Å²) in [4.78, 5) is 25.9. The Morgan fingerprint density at radius 3 is 2.60 bits per heavy atom. The second kappa shape index (κ2) is 13.6. The van der Waals surface area contributed by atoms with Crippen LogP contribution in [0.3, 0.4) is 0 Å². The molecule has 1 aliphatic carbocycles. The average molecular weight is 490 g/mol. The second-order valence-electron chi connectivity index (χ2n) is 9.53. The van der Waals surface area contributed by atoms with Gasteiger partial charge in [0.15, 0.2) is 0 Å². The molecule has 0 saturated heterocycles. The van der Waals surface area contributed by atoms with Gasteiger partial charge in [0.25, 0.3) is 5.91 Å². The zero-order chi connectivity index (χ0) is 25.2. The van der Waals surface area contributed by atoms with Crippen LogP contribution in [-0.4, -0.2) is 61.4 Å². The molecule has 1 saturated carbocycles. The van der Waals surface area contributed by atoms with E-state index in [2.05, 4.69) is 12.2 Å². The van der Waals surface area contributed by atoms with E-state index in [1.807, 2.05) is 47.6 Å². The zero-order valence-corrected chi connectivity index (χ0v) is 21.0. The van der Waals surface area contributed by atoms with Crippen LogP contribution in [0.15, 0.2) is 30.5 Å². The van der Waals surface area contributed by atoms with E-state index in [9.17, 15) is 14.8 Å². The van der Waals surface area contributed by atoms with Gasteiger partial charge in [-0.25, -0.2) is 5.48 Å². The minimum atomic E-state index is -0.680. The van der Waals surface area contributed by atoms with Crippen LogP contribution in [0.5, 0.6) is 0 Å². The molecule has 1 fully saturated rings. The summed E-state index contributed by atoms with van der Waals surface area (Å²) in [7, 11) is 3.52. The van der Waals surface area contributed by atoms with Crippen molar-refractivity contribution < 1.29 is 29.0 Å². The van der Waals surface area contributed by atoms with Gasteiger partial charge in [-0.05, 0) is 49.7 Å². The van der Waals surface area contributed by atoms with Crippen molar-refractivity contribution in [3.8, 4) is 0 Å². The molecule has 3 N–H and O–H groups in total. The summed E-state index contributed by atoms with van der Waals surface area (Å²) in [5.41, 5.74) is 3.59. The lowest BCUT2D eigenvalue weighted by atomic mass is 9.82. The number of carbonyl (C=O) groups is 2. The second-order valence-corrected chi connectivity index (χ2v) is 9.53. The quantitative estimate of drug-likeness (QED) is 0.173. The molecule has 9 nitrogen and oxygen atoms in total. The van der Waals surface area contributed by atoms with E-state index in [0.717, 1.165) is 42.1 Å². The van der Waals surface area contributed by atoms with E-state index in [1.54, 1.807) is 7.11 Å². The Kier molecular flexibility index (Phi) is 10.5. The fourth-order valence-corrected chi connectivity index (χ4v) is 4.85. The van der Waals surface area contributed by atoms with Gasteiger partial charge in [0.1, 0.15) is 6.79 Å². The third kappa shape index (κ3) is 7.51. The molecule has 0 aliphatic heterocycles. The number of benzene rings is 1. The van der Waals surface area contributed by atoms with E-state index in [1.165, 1.54) is 0 Å². The van der Waals surface area contributed by atoms with Crippen molar-refractivity contribution in [1.29, 1.82) is 0 Å². The van der Waals surface area contributed by atoms with Gasteiger partial charge in [0, 0.05) is 37.2 Å². The summed E-state index contributed by atoms with van der Waals surface area (Å²) < 4.78 is 18.0. The first-order valence-electron chi connectivity index (χ1n) is 12.4. The van der Waals surface area contributed by atoms with Crippen LogP contribution in [-0.2, 0) is 30.8 Å². The Balaban J connectivity index is 1.76. The Bertz CT molecular complexity index is 954. The number of hydrogen-bond acceptors (Lipinski definition) is 6. The molecular formula is C26H39N3O6. The molecule has 194 valence electrons. The summed E-state index contributed by atoms with van der Waals surface area (Å²) in [6, 6.07) is 7.37. The fourth-order valence-electron chi connectivity index (χ4n) is 4.85. The van der Waals surface area contributed by atoms with E-state index in [4.69, 9.17) is 14.2 Å². The average Bonchev–Trinajstić information content (AvgIpc) is 3.20. The molecule has 0 spiro atoms. The number of hydroxylamine groups is 1. The smallest absolute Gasteiger partial charge is 0.251 e. The third-order valence-electron chi connectivity index (χ3n) is 6.90. The molecule has 0 bridgehead atoms. The normalized spacial score (nSPS) is 19.9. The maximum atomic E-state index is 13.1. The Labute approximate surface area is 207 Å². The Morgan fingerprint density at radius 1 is 1.14 bits per heavy atom. The highest BCUT2D eigenvalue weighted by atomic mass is 16.7. The van der Waals surface area contributed by atoms with Gasteiger partial charge in [-0.1, -0.05) is 25.1 Å². The number of rotatable bonds is 13. The van der Waals surface area contributed by atoms with Crippen LogP contribution in [0, 0.1) is 11.8 Å². The van der Waals surface area contributed by atoms with Gasteiger partial charge in [-0.3, -0.25) is 14.8 Å². The summed E-state index contributed by atoms with van der Waals surface area (Å²) >= 11 is 0. The standard InChI is InChI=1S/C26H39N3O6/c1-18-8-10-19(11-9-18)25(30)27-20(16-35-17-34-13-12-33-3)14-22(26(31)28-32)23-15-29(2)24-7-5-4-6-21(23)24/h4-7,15,18-20,22,32H,8-14,16-17H2,1-3H3,(H,27,30)(H,28,31)/t18?,19?,20-,22-/m0/s1. The lowest BCUT2D eigenvalue weighted by molar-refractivity contribution is -0.133. The Hall–Kier alpha value is -2.46. The summed E-state index contributed by atoms with van der Waals surface area (Å²) in [5, 5.41) is 13.6. The summed E-state index contributed by atoms with van der Waals surface area (Å²) in [5.74, 6) is -0.600. The van der Waals surface area contributed by atoms with Crippen molar-refractivity contribution in [3.05, 3.63) is 36.0 Å². The third-order valence-corrected chi connectivity index (χ3v) is 6.90. The monoisotopic (exact) mass is 489 g/mol. The number of carbonyl (C=O) groups excluding carboxylic acids is 2. The number of hydrogen-bond donors (Lipinski definition) is 3. The highest BCUT2D eigenvalue weighted by Gasteiger charge is 2.31. The van der Waals surface area contributed by atoms with Crippen molar-refractivity contribution in [2.24, 2.45) is 18.9 Å². The van der Waals surface area contributed by atoms with Crippen molar-refractivity contribution in [2.45, 2.75) is 51.0 Å². The first-order chi connectivity index (χ1) is 16.9. The molecule has 9 heteroatoms. The molecule has 0 unspecified atom stereocenters. The van der Waals surface area contributed by atoms with Gasteiger partial charge in [-0.15, -0.1) is 0 Å². The number of para-hydroxylation sites is 1. The van der Waals surface area contributed by atoms with Gasteiger partial charge in [0.05, 0.1) is 31.8 Å². The number of amides is 2. The highest BCUT2D eigenvalue weighted by Crippen LogP contribution is 2.32. The van der Waals surface area contributed by atoms with Gasteiger partial charge < -0.3 is 24.1 Å². The molecule has 1 aromatic heterocycles. The molecule has 1 aliphatic rings. The number of aryl methyl sites for hydroxylation is 1. The molecule has 0 radical (unpaired) electrons. The maximum Gasteiger partial charge on any atom is 0.251 e. The van der Waals surface area contributed by atoms with Crippen LogP contribution in [0.2, 0.25) is 0 Å². The minimum absolute atomic E-state index is 0.00752. The number of nitrogens with one attached hydrogen (secondary N) is 2. The first-order valence-corrected chi connectivity index (χ1v) is 12.4. The van der Waals surface area contributed by atoms with E-state index < -0.39 is 17.9 Å². The molecule has 1 aromatic carbocycles. The number of aromatic nitrogens is 1. The molecular weight excluding hydrogens is 450 g/mol. The minimum Gasteiger partial charge on any atom is -0.382 e. The van der Waals surface area contributed by atoms with E-state index >= 15 is 0 Å². The van der Waals surface area contributed by atoms with Crippen molar-refractivity contribution >= 4 is 22.7 Å². The SMILES string of the molecule is COCCOCOC[C@H](C[C@H](C(=O)NO)c1cn(C)c2ccccc12)NC(=O)C1CCC(C)CC1. The Morgan fingerprint density at radius 2 is 1.89 bits per heavy atom. The summed E-state index contributed by atoms with van der Waals surface area (Å²) in [6.45, 7) is 3.32. The first kappa shape index (κ1) is 27.1. The number of ether oxygens (including phenoxy) is 3. The topological polar surface area (TPSA) is 111 Å². The molecule has 3 rings (SSSR count). The highest BCUT2D eigenvalue weighted by molar-refractivity contribution is 5.92. The van der Waals surface area contributed by atoms with Crippen molar-refractivity contribution in [3.63, 3.8) is 0 Å². The largest absolute Gasteiger partial charge is 0.382 e. The summed E-state index contributed by atoms with van der Waals surface area (Å²) in [6.07, 6.45) is 5.99. The molecule has 2 amide bonds. The maximum absolute atomic E-state index is 13.1. The van der Waals surface area contributed by atoms with Crippen LogP contribution < -0.4 is 10.8 Å². The lowest BCUT2D eigenvalue weighted by Crippen LogP contribution is -2.44. The number of nitrogens with zero attached hydrogens (tertiary/aromatic N) is 1. The molecule has 35 heavy (non-hydrogen) atoms. The van der Waals surface area contributed by atoms with Crippen molar-refractivity contribution in [1.82, 2.24) is 15.4 Å². The predicted molar refractivity (Wildman–Crippen MR) is 132 cm³/mol. The van der Waals surface area contributed by atoms with E-state index in [-0.39, 0.29) is 31.6 Å². The van der Waals surface area contributed by atoms with Crippen molar-refractivity contribution in [2.75, 3.05) is 33.7 Å². The predicted octanol–water partition coefficient (Wildman–Crippen LogP) is 3.11. The zero-order valence-electron chi connectivity index (χ0n) is 21.0. The van der Waals surface area contributed by atoms with Gasteiger partial charge in [0.2, 0.25) is 5.91 Å². The fraction of sp³-hybridized carbons (Fsp3) is 0.615. The number of fused-ring (bicyclic) bond motifs is 1. The molecule has 1 heterocycles.